The zero-order valence-corrected chi connectivity index (χ0v) is 18.8. The van der Waals surface area contributed by atoms with Gasteiger partial charge in [-0.15, -0.1) is 24.0 Å². The average Bonchev–Trinajstić information content (AvgIpc) is 3.11. The van der Waals surface area contributed by atoms with Crippen LogP contribution in [0.25, 0.3) is 0 Å². The van der Waals surface area contributed by atoms with Crippen LogP contribution in [-0.2, 0) is 14.9 Å². The molecular formula is C20H34IN3O2. The van der Waals surface area contributed by atoms with Crippen molar-refractivity contribution in [3.63, 3.8) is 0 Å². The molecule has 1 aromatic carbocycles. The summed E-state index contributed by atoms with van der Waals surface area (Å²) in [5.41, 5.74) is 2.65. The molecule has 0 radical (unpaired) electrons. The van der Waals surface area contributed by atoms with Crippen molar-refractivity contribution in [2.24, 2.45) is 4.99 Å². The topological polar surface area (TPSA) is 54.9 Å². The molecule has 2 rings (SSSR count). The zero-order valence-electron chi connectivity index (χ0n) is 16.5. The molecule has 0 bridgehead atoms. The monoisotopic (exact) mass is 475 g/mol. The molecule has 1 aliphatic rings. The van der Waals surface area contributed by atoms with Crippen molar-refractivity contribution < 1.29 is 9.47 Å². The molecule has 1 saturated heterocycles. The van der Waals surface area contributed by atoms with Gasteiger partial charge in [0, 0.05) is 38.8 Å². The van der Waals surface area contributed by atoms with Gasteiger partial charge in [-0.25, -0.2) is 0 Å². The van der Waals surface area contributed by atoms with E-state index in [9.17, 15) is 0 Å². The Labute approximate surface area is 175 Å². The standard InChI is InChI=1S/C20H33N3O2.HI/c1-16-6-8-17(9-7-16)20(2,3)15-23-19(21-4)22-11-5-12-25-18-10-13-24-14-18;/h6-9,18H,5,10-15H2,1-4H3,(H2,21,22,23);1H. The summed E-state index contributed by atoms with van der Waals surface area (Å²) >= 11 is 0. The van der Waals surface area contributed by atoms with Gasteiger partial charge in [-0.05, 0) is 25.3 Å². The highest BCUT2D eigenvalue weighted by Crippen LogP contribution is 2.22. The predicted molar refractivity (Wildman–Crippen MR) is 119 cm³/mol. The van der Waals surface area contributed by atoms with Gasteiger partial charge >= 0.3 is 0 Å². The van der Waals surface area contributed by atoms with Gasteiger partial charge in [-0.2, -0.15) is 0 Å². The molecule has 0 aromatic heterocycles. The molecule has 0 saturated carbocycles. The van der Waals surface area contributed by atoms with Crippen LogP contribution < -0.4 is 10.6 Å². The van der Waals surface area contributed by atoms with Crippen LogP contribution in [0.15, 0.2) is 29.3 Å². The van der Waals surface area contributed by atoms with Gasteiger partial charge in [0.25, 0.3) is 0 Å². The van der Waals surface area contributed by atoms with Gasteiger partial charge in [0.15, 0.2) is 5.96 Å². The lowest BCUT2D eigenvalue weighted by molar-refractivity contribution is 0.0420. The normalized spacial score (nSPS) is 17.7. The summed E-state index contributed by atoms with van der Waals surface area (Å²) in [7, 11) is 1.81. The van der Waals surface area contributed by atoms with Crippen molar-refractivity contribution in [3.05, 3.63) is 35.4 Å². The summed E-state index contributed by atoms with van der Waals surface area (Å²) in [5.74, 6) is 0.837. The molecule has 1 aromatic rings. The van der Waals surface area contributed by atoms with E-state index in [2.05, 4.69) is 60.7 Å². The largest absolute Gasteiger partial charge is 0.379 e. The Morgan fingerprint density at radius 1 is 1.27 bits per heavy atom. The van der Waals surface area contributed by atoms with Gasteiger partial charge < -0.3 is 20.1 Å². The second-order valence-electron chi connectivity index (χ2n) is 7.31. The summed E-state index contributed by atoms with van der Waals surface area (Å²) in [4.78, 5) is 4.31. The molecule has 1 fully saturated rings. The summed E-state index contributed by atoms with van der Waals surface area (Å²) < 4.78 is 11.1. The minimum Gasteiger partial charge on any atom is -0.379 e. The molecule has 26 heavy (non-hydrogen) atoms. The lowest BCUT2D eigenvalue weighted by atomic mass is 9.84. The molecular weight excluding hydrogens is 441 g/mol. The van der Waals surface area contributed by atoms with Crippen LogP contribution >= 0.6 is 24.0 Å². The Kier molecular flexibility index (Phi) is 10.5. The Hall–Kier alpha value is -0.860. The second kappa shape index (κ2) is 11.8. The van der Waals surface area contributed by atoms with Gasteiger partial charge in [-0.3, -0.25) is 4.99 Å². The minimum absolute atomic E-state index is 0. The molecule has 2 N–H and O–H groups in total. The van der Waals surface area contributed by atoms with Crippen molar-refractivity contribution >= 4 is 29.9 Å². The van der Waals surface area contributed by atoms with E-state index in [0.29, 0.717) is 0 Å². The highest BCUT2D eigenvalue weighted by molar-refractivity contribution is 14.0. The number of hydrogen-bond donors (Lipinski definition) is 2. The smallest absolute Gasteiger partial charge is 0.191 e. The van der Waals surface area contributed by atoms with Crippen LogP contribution in [0.1, 0.15) is 37.8 Å². The number of nitrogens with zero attached hydrogens (tertiary/aromatic N) is 1. The molecule has 1 aliphatic heterocycles. The first-order valence-corrected chi connectivity index (χ1v) is 9.22. The fourth-order valence-corrected chi connectivity index (χ4v) is 2.81. The average molecular weight is 475 g/mol. The molecule has 148 valence electrons. The maximum Gasteiger partial charge on any atom is 0.191 e. The lowest BCUT2D eigenvalue weighted by Gasteiger charge is -2.27. The van der Waals surface area contributed by atoms with Crippen LogP contribution in [0, 0.1) is 6.92 Å². The fourth-order valence-electron chi connectivity index (χ4n) is 2.81. The van der Waals surface area contributed by atoms with Crippen molar-refractivity contribution in [1.82, 2.24) is 10.6 Å². The van der Waals surface area contributed by atoms with E-state index in [0.717, 1.165) is 51.7 Å². The lowest BCUT2D eigenvalue weighted by Crippen LogP contribution is -2.43. The number of ether oxygens (including phenoxy) is 2. The van der Waals surface area contributed by atoms with Gasteiger partial charge in [0.2, 0.25) is 0 Å². The first kappa shape index (κ1) is 23.2. The number of rotatable bonds is 8. The van der Waals surface area contributed by atoms with E-state index in [4.69, 9.17) is 9.47 Å². The van der Waals surface area contributed by atoms with Crippen LogP contribution in [0.5, 0.6) is 0 Å². The van der Waals surface area contributed by atoms with Crippen LogP contribution in [0.4, 0.5) is 0 Å². The number of hydrogen-bond acceptors (Lipinski definition) is 3. The Bertz CT molecular complexity index is 540. The van der Waals surface area contributed by atoms with Gasteiger partial charge in [0.1, 0.15) is 0 Å². The molecule has 5 nitrogen and oxygen atoms in total. The van der Waals surface area contributed by atoms with Crippen molar-refractivity contribution in [3.8, 4) is 0 Å². The van der Waals surface area contributed by atoms with E-state index < -0.39 is 0 Å². The first-order chi connectivity index (χ1) is 12.0. The number of guanidine groups is 1. The number of aryl methyl sites for hydroxylation is 1. The van der Waals surface area contributed by atoms with E-state index in [1.807, 2.05) is 0 Å². The molecule has 0 amide bonds. The number of halogens is 1. The number of aliphatic imine (C=N–C) groups is 1. The third-order valence-electron chi connectivity index (χ3n) is 4.61. The van der Waals surface area contributed by atoms with E-state index in [-0.39, 0.29) is 35.5 Å². The molecule has 1 heterocycles. The molecule has 1 unspecified atom stereocenters. The molecule has 0 spiro atoms. The highest BCUT2D eigenvalue weighted by atomic mass is 127. The molecule has 0 aliphatic carbocycles. The summed E-state index contributed by atoms with van der Waals surface area (Å²) in [6.45, 7) is 10.6. The van der Waals surface area contributed by atoms with Gasteiger partial charge in [-0.1, -0.05) is 43.7 Å². The summed E-state index contributed by atoms with van der Waals surface area (Å²) in [6.07, 6.45) is 2.26. The SMILES string of the molecule is CN=C(NCCCOC1CCOC1)NCC(C)(C)c1ccc(C)cc1.I. The van der Waals surface area contributed by atoms with Crippen molar-refractivity contribution in [2.75, 3.05) is 40.0 Å². The number of benzene rings is 1. The van der Waals surface area contributed by atoms with E-state index >= 15 is 0 Å². The molecule has 6 heteroatoms. The fraction of sp³-hybridized carbons (Fsp3) is 0.650. The summed E-state index contributed by atoms with van der Waals surface area (Å²) in [6, 6.07) is 8.74. The summed E-state index contributed by atoms with van der Waals surface area (Å²) in [5, 5.41) is 6.79. The van der Waals surface area contributed by atoms with Gasteiger partial charge in [0.05, 0.1) is 12.7 Å². The third kappa shape index (κ3) is 7.80. The van der Waals surface area contributed by atoms with Crippen LogP contribution in [-0.4, -0.2) is 52.0 Å². The van der Waals surface area contributed by atoms with E-state index in [1.165, 1.54) is 11.1 Å². The maximum absolute atomic E-state index is 5.77. The Balaban J connectivity index is 0.00000338. The van der Waals surface area contributed by atoms with Crippen molar-refractivity contribution in [2.45, 2.75) is 45.1 Å². The first-order valence-electron chi connectivity index (χ1n) is 9.22. The van der Waals surface area contributed by atoms with Crippen LogP contribution in [0.3, 0.4) is 0 Å². The zero-order chi connectivity index (χ0) is 18.1. The predicted octanol–water partition coefficient (Wildman–Crippen LogP) is 3.25. The Morgan fingerprint density at radius 3 is 2.62 bits per heavy atom. The van der Waals surface area contributed by atoms with Crippen LogP contribution in [0.2, 0.25) is 0 Å². The second-order valence-corrected chi connectivity index (χ2v) is 7.31. The third-order valence-corrected chi connectivity index (χ3v) is 4.61. The minimum atomic E-state index is 0. The molecule has 1 atom stereocenters. The maximum atomic E-state index is 5.77. The van der Waals surface area contributed by atoms with Crippen molar-refractivity contribution in [1.29, 1.82) is 0 Å². The number of nitrogens with one attached hydrogen (secondary N) is 2. The van der Waals surface area contributed by atoms with E-state index in [1.54, 1.807) is 7.05 Å². The Morgan fingerprint density at radius 2 is 2.00 bits per heavy atom. The quantitative estimate of drug-likeness (QED) is 0.262. The highest BCUT2D eigenvalue weighted by Gasteiger charge is 2.20.